The molecule has 5 nitrogen and oxygen atoms in total. The zero-order chi connectivity index (χ0) is 8.57. The minimum absolute atomic E-state index is 0.558. The van der Waals surface area contributed by atoms with Crippen LogP contribution in [0.25, 0.3) is 0 Å². The van der Waals surface area contributed by atoms with Crippen molar-refractivity contribution in [3.63, 3.8) is 0 Å². The third-order valence-electron chi connectivity index (χ3n) is 0.368. The number of hydrogen-bond donors (Lipinski definition) is 3. The summed E-state index contributed by atoms with van der Waals surface area (Å²) in [4.78, 5) is 19.1. The van der Waals surface area contributed by atoms with Gasteiger partial charge in [-0.25, -0.2) is 9.59 Å². The van der Waals surface area contributed by atoms with Gasteiger partial charge in [0.1, 0.15) is 0 Å². The van der Waals surface area contributed by atoms with E-state index in [1.807, 2.05) is 0 Å². The summed E-state index contributed by atoms with van der Waals surface area (Å²) in [6.07, 6.45) is 1.12. The standard InChI is InChI=1S/C4H4O4.CH5N/c5-3(6)1-2-4(7)8;1-2/h1-2H,(H,5,6)(H,7,8);2H2,1H3. The molecule has 0 heterocycles. The molecule has 0 aromatic carbocycles. The molecule has 0 saturated carbocycles. The smallest absolute Gasteiger partial charge is 0.328 e. The van der Waals surface area contributed by atoms with Gasteiger partial charge in [0.2, 0.25) is 0 Å². The summed E-state index contributed by atoms with van der Waals surface area (Å²) in [5.74, 6) is -2.51. The maximum atomic E-state index is 9.55. The second kappa shape index (κ2) is 7.64. The summed E-state index contributed by atoms with van der Waals surface area (Å²) in [5.41, 5.74) is 4.50. The van der Waals surface area contributed by atoms with E-state index in [4.69, 9.17) is 10.2 Å². The van der Waals surface area contributed by atoms with Crippen LogP contribution in [0.5, 0.6) is 0 Å². The Kier molecular flexibility index (Phi) is 8.74. The predicted molar refractivity (Wildman–Crippen MR) is 34.5 cm³/mol. The van der Waals surface area contributed by atoms with Crippen molar-refractivity contribution in [2.75, 3.05) is 7.05 Å². The monoisotopic (exact) mass is 147 g/mol. The number of rotatable bonds is 2. The van der Waals surface area contributed by atoms with Crippen molar-refractivity contribution in [2.24, 2.45) is 5.73 Å². The topological polar surface area (TPSA) is 101 Å². The number of carboxylic acid groups (broad SMARTS) is 2. The largest absolute Gasteiger partial charge is 0.478 e. The normalized spacial score (nSPS) is 8.20. The van der Waals surface area contributed by atoms with E-state index in [9.17, 15) is 9.59 Å². The van der Waals surface area contributed by atoms with Gasteiger partial charge in [0.25, 0.3) is 0 Å². The Morgan fingerprint density at radius 1 is 1.10 bits per heavy atom. The molecule has 0 radical (unpaired) electrons. The lowest BCUT2D eigenvalue weighted by Gasteiger charge is -1.74. The van der Waals surface area contributed by atoms with Gasteiger partial charge in [-0.1, -0.05) is 0 Å². The van der Waals surface area contributed by atoms with Crippen LogP contribution in [0.4, 0.5) is 0 Å². The number of carbonyl (C=O) groups is 2. The van der Waals surface area contributed by atoms with E-state index in [1.54, 1.807) is 0 Å². The van der Waals surface area contributed by atoms with E-state index >= 15 is 0 Å². The van der Waals surface area contributed by atoms with Crippen LogP contribution in [0, 0.1) is 0 Å². The van der Waals surface area contributed by atoms with Crippen LogP contribution in [0.3, 0.4) is 0 Å². The molecule has 10 heavy (non-hydrogen) atoms. The summed E-state index contributed by atoms with van der Waals surface area (Å²) >= 11 is 0. The third kappa shape index (κ3) is 15.9. The summed E-state index contributed by atoms with van der Waals surface area (Å²) in [6.45, 7) is 0. The lowest BCUT2D eigenvalue weighted by molar-refractivity contribution is -0.134. The van der Waals surface area contributed by atoms with E-state index in [2.05, 4.69) is 5.73 Å². The Hall–Kier alpha value is -1.36. The molecule has 0 aliphatic carbocycles. The minimum Gasteiger partial charge on any atom is -0.478 e. The molecule has 5 heteroatoms. The minimum atomic E-state index is -1.26. The van der Waals surface area contributed by atoms with Gasteiger partial charge in [0.05, 0.1) is 0 Å². The van der Waals surface area contributed by atoms with Gasteiger partial charge in [-0.2, -0.15) is 0 Å². The fourth-order valence-electron chi connectivity index (χ4n) is 0.143. The molecule has 0 rings (SSSR count). The van der Waals surface area contributed by atoms with Crippen LogP contribution in [-0.4, -0.2) is 29.2 Å². The molecule has 0 bridgehead atoms. The van der Waals surface area contributed by atoms with Crippen LogP contribution in [-0.2, 0) is 9.59 Å². The lowest BCUT2D eigenvalue weighted by atomic mass is 10.5. The average molecular weight is 147 g/mol. The third-order valence-corrected chi connectivity index (χ3v) is 0.368. The summed E-state index contributed by atoms with van der Waals surface area (Å²) in [6, 6.07) is 0. The molecule has 0 spiro atoms. The molecule has 0 saturated heterocycles. The second-order valence-electron chi connectivity index (χ2n) is 1.01. The molecular weight excluding hydrogens is 138 g/mol. The average Bonchev–Trinajstić information content (AvgIpc) is 1.89. The zero-order valence-corrected chi connectivity index (χ0v) is 5.44. The van der Waals surface area contributed by atoms with E-state index in [0.717, 1.165) is 0 Å². The van der Waals surface area contributed by atoms with Crippen molar-refractivity contribution in [1.82, 2.24) is 0 Å². The molecule has 0 fully saturated rings. The molecule has 0 unspecified atom stereocenters. The number of aliphatic carboxylic acids is 2. The second-order valence-corrected chi connectivity index (χ2v) is 1.01. The first-order chi connectivity index (χ1) is 4.63. The highest BCUT2D eigenvalue weighted by atomic mass is 16.4. The molecule has 58 valence electrons. The van der Waals surface area contributed by atoms with Crippen LogP contribution in [0.2, 0.25) is 0 Å². The fourth-order valence-corrected chi connectivity index (χ4v) is 0.143. The van der Waals surface area contributed by atoms with Crippen molar-refractivity contribution in [2.45, 2.75) is 0 Å². The van der Waals surface area contributed by atoms with Gasteiger partial charge in [-0.3, -0.25) is 0 Å². The quantitative estimate of drug-likeness (QED) is 0.448. The van der Waals surface area contributed by atoms with Gasteiger partial charge in [0, 0.05) is 12.2 Å². The first-order valence-corrected chi connectivity index (χ1v) is 2.34. The molecule has 0 aliphatic rings. The Morgan fingerprint density at radius 3 is 1.40 bits per heavy atom. The van der Waals surface area contributed by atoms with Crippen molar-refractivity contribution in [3.8, 4) is 0 Å². The first-order valence-electron chi connectivity index (χ1n) is 2.34. The highest BCUT2D eigenvalue weighted by Crippen LogP contribution is 1.70. The van der Waals surface area contributed by atoms with E-state index in [0.29, 0.717) is 12.2 Å². The van der Waals surface area contributed by atoms with Crippen molar-refractivity contribution in [1.29, 1.82) is 0 Å². The molecule has 0 aromatic heterocycles. The van der Waals surface area contributed by atoms with Gasteiger partial charge in [0.15, 0.2) is 0 Å². The number of nitrogens with two attached hydrogens (primary N) is 1. The van der Waals surface area contributed by atoms with Gasteiger partial charge >= 0.3 is 11.9 Å². The highest BCUT2D eigenvalue weighted by molar-refractivity contribution is 5.89. The highest BCUT2D eigenvalue weighted by Gasteiger charge is 1.88. The molecule has 0 aliphatic heterocycles. The molecular formula is C5H9NO4. The fraction of sp³-hybridized carbons (Fsp3) is 0.200. The van der Waals surface area contributed by atoms with E-state index in [1.165, 1.54) is 7.05 Å². The Bertz CT molecular complexity index is 125. The van der Waals surface area contributed by atoms with Crippen molar-refractivity contribution >= 4 is 11.9 Å². The summed E-state index contributed by atoms with van der Waals surface area (Å²) in [7, 11) is 1.50. The van der Waals surface area contributed by atoms with E-state index < -0.39 is 11.9 Å². The Labute approximate surface area is 57.8 Å². The maximum Gasteiger partial charge on any atom is 0.328 e. The van der Waals surface area contributed by atoms with Gasteiger partial charge in [-0.05, 0) is 7.05 Å². The van der Waals surface area contributed by atoms with E-state index in [-0.39, 0.29) is 0 Å². The predicted octanol–water partition coefficient (Wildman–Crippen LogP) is -0.713. The molecule has 0 atom stereocenters. The van der Waals surface area contributed by atoms with Crippen LogP contribution in [0.1, 0.15) is 0 Å². The van der Waals surface area contributed by atoms with Crippen molar-refractivity contribution in [3.05, 3.63) is 12.2 Å². The van der Waals surface area contributed by atoms with Gasteiger partial charge < -0.3 is 15.9 Å². The number of carboxylic acids is 2. The van der Waals surface area contributed by atoms with Crippen LogP contribution < -0.4 is 5.73 Å². The lowest BCUT2D eigenvalue weighted by Crippen LogP contribution is -1.91. The summed E-state index contributed by atoms with van der Waals surface area (Å²) < 4.78 is 0. The Balaban J connectivity index is 0. The van der Waals surface area contributed by atoms with Crippen LogP contribution >= 0.6 is 0 Å². The summed E-state index contributed by atoms with van der Waals surface area (Å²) in [5, 5.41) is 15.6. The number of hydrogen-bond acceptors (Lipinski definition) is 3. The maximum absolute atomic E-state index is 9.55. The Morgan fingerprint density at radius 2 is 1.30 bits per heavy atom. The van der Waals surface area contributed by atoms with Crippen LogP contribution in [0.15, 0.2) is 12.2 Å². The van der Waals surface area contributed by atoms with Crippen molar-refractivity contribution < 1.29 is 19.8 Å². The van der Waals surface area contributed by atoms with Gasteiger partial charge in [-0.15, -0.1) is 0 Å². The zero-order valence-electron chi connectivity index (χ0n) is 5.44. The molecule has 0 aromatic rings. The SMILES string of the molecule is CN.O=C(O)C=CC(=O)O. The molecule has 0 amide bonds. The first kappa shape index (κ1) is 11.4. The molecule has 4 N–H and O–H groups in total.